The van der Waals surface area contributed by atoms with E-state index in [0.717, 1.165) is 11.1 Å². The first kappa shape index (κ1) is 15.3. The molecule has 4 heteroatoms. The van der Waals surface area contributed by atoms with Crippen molar-refractivity contribution in [1.29, 1.82) is 0 Å². The average Bonchev–Trinajstić information content (AvgIpc) is 2.45. The minimum atomic E-state index is 0.653. The van der Waals surface area contributed by atoms with Crippen LogP contribution >= 0.6 is 0 Å². The van der Waals surface area contributed by atoms with Gasteiger partial charge in [-0.25, -0.2) is 9.59 Å². The summed E-state index contributed by atoms with van der Waals surface area (Å²) in [4.78, 5) is 26.4. The summed E-state index contributed by atoms with van der Waals surface area (Å²) in [7, 11) is 0. The zero-order valence-electron chi connectivity index (χ0n) is 11.3. The van der Waals surface area contributed by atoms with Crippen molar-refractivity contribution in [3.8, 4) is 0 Å². The summed E-state index contributed by atoms with van der Waals surface area (Å²) >= 11 is 0. The Bertz CT molecular complexity index is 574. The third kappa shape index (κ3) is 5.69. The minimum absolute atomic E-state index is 0.653. The lowest BCUT2D eigenvalue weighted by Gasteiger charge is -1.89. The second kappa shape index (κ2) is 8.33. The Hall–Kier alpha value is -2.80. The molecule has 0 bridgehead atoms. The molecule has 100 valence electrons. The summed E-state index contributed by atoms with van der Waals surface area (Å²) in [5.74, 6) is 0. The van der Waals surface area contributed by atoms with Crippen LogP contribution in [0.2, 0.25) is 0 Å². The van der Waals surface area contributed by atoms with E-state index < -0.39 is 0 Å². The minimum Gasteiger partial charge on any atom is -0.211 e. The van der Waals surface area contributed by atoms with Gasteiger partial charge in [-0.1, -0.05) is 35.4 Å². The number of benzene rings is 2. The molecule has 0 heterocycles. The van der Waals surface area contributed by atoms with Crippen LogP contribution in [0.5, 0.6) is 0 Å². The number of carbonyl (C=O) groups excluding carboxylic acids is 2. The lowest BCUT2D eigenvalue weighted by Crippen LogP contribution is -1.67. The molecule has 0 radical (unpaired) electrons. The van der Waals surface area contributed by atoms with Gasteiger partial charge in [-0.05, 0) is 38.1 Å². The van der Waals surface area contributed by atoms with Crippen LogP contribution in [-0.2, 0) is 9.59 Å². The summed E-state index contributed by atoms with van der Waals surface area (Å²) < 4.78 is 0. The number of hydrogen-bond donors (Lipinski definition) is 0. The highest BCUT2D eigenvalue weighted by molar-refractivity contribution is 5.49. The Labute approximate surface area is 117 Å². The number of isocyanates is 2. The van der Waals surface area contributed by atoms with E-state index in [4.69, 9.17) is 0 Å². The molecular weight excluding hydrogens is 252 g/mol. The van der Waals surface area contributed by atoms with Crippen molar-refractivity contribution < 1.29 is 9.59 Å². The fourth-order valence-electron chi connectivity index (χ4n) is 1.34. The van der Waals surface area contributed by atoms with Gasteiger partial charge in [-0.15, -0.1) is 0 Å². The van der Waals surface area contributed by atoms with Crippen molar-refractivity contribution in [2.24, 2.45) is 9.98 Å². The molecule has 2 aromatic rings. The molecule has 0 aliphatic rings. The molecule has 2 aromatic carbocycles. The molecule has 0 saturated heterocycles. The highest BCUT2D eigenvalue weighted by Crippen LogP contribution is 2.11. The molecular formula is C16H14N2O2. The van der Waals surface area contributed by atoms with E-state index in [1.165, 1.54) is 12.2 Å². The molecule has 0 aliphatic carbocycles. The van der Waals surface area contributed by atoms with Gasteiger partial charge >= 0.3 is 0 Å². The van der Waals surface area contributed by atoms with Crippen LogP contribution < -0.4 is 0 Å². The van der Waals surface area contributed by atoms with E-state index >= 15 is 0 Å². The van der Waals surface area contributed by atoms with Crippen molar-refractivity contribution in [1.82, 2.24) is 0 Å². The van der Waals surface area contributed by atoms with Crippen LogP contribution in [0, 0.1) is 13.8 Å². The Morgan fingerprint density at radius 1 is 0.650 bits per heavy atom. The van der Waals surface area contributed by atoms with Gasteiger partial charge in [-0.3, -0.25) is 0 Å². The molecule has 0 spiro atoms. The summed E-state index contributed by atoms with van der Waals surface area (Å²) in [6.45, 7) is 3.96. The normalized spacial score (nSPS) is 8.50. The van der Waals surface area contributed by atoms with Crippen LogP contribution in [0.15, 0.2) is 58.5 Å². The van der Waals surface area contributed by atoms with Gasteiger partial charge in [-0.2, -0.15) is 9.98 Å². The van der Waals surface area contributed by atoms with Crippen LogP contribution in [0.4, 0.5) is 11.4 Å². The monoisotopic (exact) mass is 266 g/mol. The van der Waals surface area contributed by atoms with Crippen molar-refractivity contribution in [3.63, 3.8) is 0 Å². The Balaban J connectivity index is 0.000000200. The van der Waals surface area contributed by atoms with E-state index in [1.54, 1.807) is 24.3 Å². The Morgan fingerprint density at radius 2 is 0.950 bits per heavy atom. The van der Waals surface area contributed by atoms with Gasteiger partial charge in [0.15, 0.2) is 0 Å². The van der Waals surface area contributed by atoms with Crippen molar-refractivity contribution in [2.75, 3.05) is 0 Å². The Kier molecular flexibility index (Phi) is 6.35. The van der Waals surface area contributed by atoms with Crippen molar-refractivity contribution in [3.05, 3.63) is 59.7 Å². The predicted octanol–water partition coefficient (Wildman–Crippen LogP) is 3.92. The zero-order valence-corrected chi connectivity index (χ0v) is 11.3. The number of hydrogen-bond acceptors (Lipinski definition) is 4. The third-order valence-electron chi connectivity index (χ3n) is 2.42. The van der Waals surface area contributed by atoms with Gasteiger partial charge in [0, 0.05) is 0 Å². The van der Waals surface area contributed by atoms with Gasteiger partial charge < -0.3 is 0 Å². The topological polar surface area (TPSA) is 58.9 Å². The van der Waals surface area contributed by atoms with E-state index in [9.17, 15) is 9.59 Å². The van der Waals surface area contributed by atoms with E-state index in [1.807, 2.05) is 38.1 Å². The highest BCUT2D eigenvalue weighted by atomic mass is 16.1. The average molecular weight is 266 g/mol. The third-order valence-corrected chi connectivity index (χ3v) is 2.42. The molecule has 0 atom stereocenters. The molecule has 4 nitrogen and oxygen atoms in total. The zero-order chi connectivity index (χ0) is 14.8. The Morgan fingerprint density at radius 3 is 1.20 bits per heavy atom. The molecule has 20 heavy (non-hydrogen) atoms. The second-order valence-electron chi connectivity index (χ2n) is 4.08. The lowest BCUT2D eigenvalue weighted by molar-refractivity contribution is 0.564. The van der Waals surface area contributed by atoms with Crippen LogP contribution in [0.25, 0.3) is 0 Å². The number of rotatable bonds is 2. The van der Waals surface area contributed by atoms with Crippen molar-refractivity contribution >= 4 is 23.5 Å². The van der Waals surface area contributed by atoms with E-state index in [2.05, 4.69) is 9.98 Å². The highest BCUT2D eigenvalue weighted by Gasteiger charge is 1.86. The first-order valence-corrected chi connectivity index (χ1v) is 5.95. The lowest BCUT2D eigenvalue weighted by atomic mass is 10.2. The molecule has 0 amide bonds. The summed E-state index contributed by atoms with van der Waals surface area (Å²) in [6, 6.07) is 14.7. The quantitative estimate of drug-likeness (QED) is 0.611. The van der Waals surface area contributed by atoms with Gasteiger partial charge in [0.05, 0.1) is 11.4 Å². The maximum Gasteiger partial charge on any atom is 0.240 e. The van der Waals surface area contributed by atoms with Gasteiger partial charge in [0.1, 0.15) is 0 Å². The molecule has 0 fully saturated rings. The first-order valence-electron chi connectivity index (χ1n) is 5.95. The SMILES string of the molecule is Cc1ccc(N=C=O)cc1.Cc1ccc(N=C=O)cc1. The molecule has 0 aromatic heterocycles. The van der Waals surface area contributed by atoms with E-state index in [0.29, 0.717) is 11.4 Å². The standard InChI is InChI=1S/2C8H7NO/c2*1-7-2-4-8(5-3-7)9-6-10/h2*2-5H,1H3. The van der Waals surface area contributed by atoms with Gasteiger partial charge in [0.25, 0.3) is 0 Å². The fraction of sp³-hybridized carbons (Fsp3) is 0.125. The molecule has 0 aliphatic heterocycles. The maximum absolute atomic E-state index is 9.77. The molecule has 0 unspecified atom stereocenters. The summed E-state index contributed by atoms with van der Waals surface area (Å²) in [5.41, 5.74) is 3.62. The maximum atomic E-state index is 9.77. The first-order chi connectivity index (χ1) is 9.65. The number of aliphatic imine (C=N–C) groups is 2. The largest absolute Gasteiger partial charge is 0.240 e. The summed E-state index contributed by atoms with van der Waals surface area (Å²) in [6.07, 6.45) is 2.96. The molecule has 0 N–H and O–H groups in total. The van der Waals surface area contributed by atoms with E-state index in [-0.39, 0.29) is 0 Å². The number of nitrogens with zero attached hydrogens (tertiary/aromatic N) is 2. The predicted molar refractivity (Wildman–Crippen MR) is 77.9 cm³/mol. The number of aryl methyl sites for hydroxylation is 2. The van der Waals surface area contributed by atoms with Crippen LogP contribution in [0.1, 0.15) is 11.1 Å². The molecule has 2 rings (SSSR count). The van der Waals surface area contributed by atoms with Gasteiger partial charge in [0.2, 0.25) is 12.2 Å². The second-order valence-corrected chi connectivity index (χ2v) is 4.08. The molecule has 0 saturated carbocycles. The van der Waals surface area contributed by atoms with Crippen LogP contribution in [-0.4, -0.2) is 12.2 Å². The smallest absolute Gasteiger partial charge is 0.211 e. The summed E-state index contributed by atoms with van der Waals surface area (Å²) in [5, 5.41) is 0. The fourth-order valence-corrected chi connectivity index (χ4v) is 1.34. The van der Waals surface area contributed by atoms with Crippen LogP contribution in [0.3, 0.4) is 0 Å². The van der Waals surface area contributed by atoms with Crippen molar-refractivity contribution in [2.45, 2.75) is 13.8 Å².